The van der Waals surface area contributed by atoms with Crippen molar-refractivity contribution in [3.05, 3.63) is 120 Å². The molecule has 0 aliphatic carbocycles. The van der Waals surface area contributed by atoms with Crippen molar-refractivity contribution in [3.8, 4) is 45.3 Å². The van der Waals surface area contributed by atoms with E-state index in [0.717, 1.165) is 43.8 Å². The lowest BCUT2D eigenvalue weighted by Gasteiger charge is -2.08. The Kier molecular flexibility index (Phi) is 7.95. The largest absolute Gasteiger partial charge is 0.508 e. The van der Waals surface area contributed by atoms with Crippen LogP contribution in [0.4, 0.5) is 8.78 Å². The lowest BCUT2D eigenvalue weighted by atomic mass is 10.0. The van der Waals surface area contributed by atoms with E-state index < -0.39 is 5.82 Å². The highest BCUT2D eigenvalue weighted by molar-refractivity contribution is 6.37. The first-order valence-corrected chi connectivity index (χ1v) is 13.0. The molecule has 6 aromatic rings. The first-order valence-electron chi connectivity index (χ1n) is 12.6. The summed E-state index contributed by atoms with van der Waals surface area (Å²) < 4.78 is 37.4. The number of phenols is 2. The zero-order valence-electron chi connectivity index (χ0n) is 22.2. The minimum Gasteiger partial charge on any atom is -0.508 e. The molecule has 0 spiro atoms. The van der Waals surface area contributed by atoms with Crippen molar-refractivity contribution in [2.75, 3.05) is 14.2 Å². The van der Waals surface area contributed by atoms with Crippen LogP contribution in [-0.2, 0) is 0 Å². The van der Waals surface area contributed by atoms with E-state index >= 15 is 0 Å². The second-order valence-corrected chi connectivity index (χ2v) is 9.66. The molecule has 7 heteroatoms. The second kappa shape index (κ2) is 11.7. The summed E-state index contributed by atoms with van der Waals surface area (Å²) in [5.74, 6) is -0.0465. The number of fused-ring (bicyclic) bond motifs is 2. The second-order valence-electron chi connectivity index (χ2n) is 9.28. The number of hydrogen-bond donors (Lipinski definition) is 2. The van der Waals surface area contributed by atoms with Gasteiger partial charge in [0.05, 0.1) is 19.2 Å². The van der Waals surface area contributed by atoms with Gasteiger partial charge in [0.15, 0.2) is 23.1 Å². The van der Waals surface area contributed by atoms with Gasteiger partial charge in [0.25, 0.3) is 0 Å². The zero-order chi connectivity index (χ0) is 29.1. The summed E-state index contributed by atoms with van der Waals surface area (Å²) in [6.45, 7) is 0. The molecule has 2 N–H and O–H groups in total. The van der Waals surface area contributed by atoms with Gasteiger partial charge in [0.2, 0.25) is 0 Å². The van der Waals surface area contributed by atoms with E-state index in [0.29, 0.717) is 5.02 Å². The average molecular weight is 571 g/mol. The Morgan fingerprint density at radius 2 is 1.00 bits per heavy atom. The minimum absolute atomic E-state index is 0.0485. The van der Waals surface area contributed by atoms with E-state index in [-0.39, 0.29) is 28.8 Å². The number of rotatable bonds is 4. The van der Waals surface area contributed by atoms with Crippen molar-refractivity contribution < 1.29 is 28.5 Å². The van der Waals surface area contributed by atoms with Crippen molar-refractivity contribution in [2.24, 2.45) is 0 Å². The molecule has 0 aromatic heterocycles. The summed E-state index contributed by atoms with van der Waals surface area (Å²) in [4.78, 5) is 0. The molecule has 0 aliphatic heterocycles. The van der Waals surface area contributed by atoms with Crippen LogP contribution in [-0.4, -0.2) is 24.4 Å². The summed E-state index contributed by atoms with van der Waals surface area (Å²) in [5, 5.41) is 23.0. The Hall–Kier alpha value is -4.81. The third-order valence-corrected chi connectivity index (χ3v) is 7.12. The zero-order valence-corrected chi connectivity index (χ0v) is 22.9. The normalized spacial score (nSPS) is 10.8. The summed E-state index contributed by atoms with van der Waals surface area (Å²) in [6.07, 6.45) is 0. The fourth-order valence-electron chi connectivity index (χ4n) is 4.56. The van der Waals surface area contributed by atoms with Gasteiger partial charge in [-0.2, -0.15) is 0 Å². The Bertz CT molecular complexity index is 1890. The maximum atomic E-state index is 13.8. The quantitative estimate of drug-likeness (QED) is 0.222. The first kappa shape index (κ1) is 27.7. The van der Waals surface area contributed by atoms with Crippen LogP contribution in [0.25, 0.3) is 43.8 Å². The van der Waals surface area contributed by atoms with Crippen molar-refractivity contribution in [2.45, 2.75) is 0 Å². The lowest BCUT2D eigenvalue weighted by Crippen LogP contribution is -1.88. The number of aromatic hydroxyl groups is 2. The smallest absolute Gasteiger partial charge is 0.165 e. The molecule has 41 heavy (non-hydrogen) atoms. The molecule has 0 fully saturated rings. The fourth-order valence-corrected chi connectivity index (χ4v) is 4.80. The van der Waals surface area contributed by atoms with Gasteiger partial charge in [-0.15, -0.1) is 0 Å². The van der Waals surface area contributed by atoms with Gasteiger partial charge in [-0.1, -0.05) is 60.1 Å². The maximum Gasteiger partial charge on any atom is 0.165 e. The van der Waals surface area contributed by atoms with E-state index in [1.807, 2.05) is 48.5 Å². The number of hydrogen-bond acceptors (Lipinski definition) is 4. The fraction of sp³-hybridized carbons (Fsp3) is 0.0588. The minimum atomic E-state index is -0.404. The Balaban J connectivity index is 0.000000165. The van der Waals surface area contributed by atoms with Crippen LogP contribution >= 0.6 is 11.6 Å². The predicted octanol–water partition coefficient (Wildman–Crippen LogP) is 9.37. The van der Waals surface area contributed by atoms with Gasteiger partial charge in [-0.05, 0) is 93.0 Å². The number of halogens is 3. The van der Waals surface area contributed by atoms with Crippen LogP contribution in [0.2, 0.25) is 5.02 Å². The lowest BCUT2D eigenvalue weighted by molar-refractivity contribution is 0.386. The molecule has 0 saturated carbocycles. The molecule has 0 amide bonds. The van der Waals surface area contributed by atoms with Crippen molar-refractivity contribution in [1.82, 2.24) is 0 Å². The monoisotopic (exact) mass is 570 g/mol. The third-order valence-electron chi connectivity index (χ3n) is 6.73. The van der Waals surface area contributed by atoms with Gasteiger partial charge >= 0.3 is 0 Å². The van der Waals surface area contributed by atoms with Crippen LogP contribution in [0, 0.1) is 11.6 Å². The topological polar surface area (TPSA) is 58.9 Å². The van der Waals surface area contributed by atoms with Gasteiger partial charge < -0.3 is 19.7 Å². The van der Waals surface area contributed by atoms with Crippen LogP contribution in [0.3, 0.4) is 0 Å². The van der Waals surface area contributed by atoms with Crippen LogP contribution < -0.4 is 9.47 Å². The van der Waals surface area contributed by atoms with E-state index in [2.05, 4.69) is 0 Å². The highest BCUT2D eigenvalue weighted by atomic mass is 35.5. The molecular formula is C34H25ClF2O4. The summed E-state index contributed by atoms with van der Waals surface area (Å²) in [7, 11) is 2.88. The number of phenolic OH excluding ortho intramolecular Hbond substituents is 2. The molecule has 0 radical (unpaired) electrons. The van der Waals surface area contributed by atoms with Gasteiger partial charge in [0.1, 0.15) is 11.5 Å². The van der Waals surface area contributed by atoms with E-state index in [9.17, 15) is 19.0 Å². The maximum absolute atomic E-state index is 13.8. The molecule has 0 aliphatic rings. The Morgan fingerprint density at radius 1 is 0.537 bits per heavy atom. The standard InChI is InChI=1S/C17H12ClFO2.C17H13FO2/c1-21-16-7-4-11(9-14(16)19)10-2-5-13-12(8-10)3-6-15(20)17(13)18;1-20-17-7-5-14(10-16(17)18)11-2-3-13-9-15(19)6-4-12(13)8-11/h2-9,20H,1H3;2-10,19H,1H3. The number of methoxy groups -OCH3 is 2. The molecule has 0 saturated heterocycles. The molecule has 6 rings (SSSR count). The summed E-state index contributed by atoms with van der Waals surface area (Å²) in [5.41, 5.74) is 3.33. The van der Waals surface area contributed by atoms with E-state index in [1.54, 1.807) is 42.5 Å². The first-order chi connectivity index (χ1) is 19.8. The molecular weight excluding hydrogens is 546 g/mol. The predicted molar refractivity (Wildman–Crippen MR) is 160 cm³/mol. The third kappa shape index (κ3) is 5.88. The van der Waals surface area contributed by atoms with Crippen LogP contribution in [0.15, 0.2) is 103 Å². The average Bonchev–Trinajstić information content (AvgIpc) is 2.99. The SMILES string of the molecule is COc1ccc(-c2ccc3c(Cl)c(O)ccc3c2)cc1F.COc1ccc(-c2ccc3cc(O)ccc3c2)cc1F. The molecule has 6 aromatic carbocycles. The molecule has 0 bridgehead atoms. The number of benzene rings is 6. The molecule has 4 nitrogen and oxygen atoms in total. The summed E-state index contributed by atoms with van der Waals surface area (Å²) >= 11 is 6.06. The van der Waals surface area contributed by atoms with Gasteiger partial charge in [-0.25, -0.2) is 8.78 Å². The molecule has 206 valence electrons. The van der Waals surface area contributed by atoms with Crippen molar-refractivity contribution >= 4 is 33.1 Å². The van der Waals surface area contributed by atoms with Crippen molar-refractivity contribution in [1.29, 1.82) is 0 Å². The van der Waals surface area contributed by atoms with E-state index in [1.165, 1.54) is 26.4 Å². The van der Waals surface area contributed by atoms with Gasteiger partial charge in [0, 0.05) is 5.39 Å². The Morgan fingerprint density at radius 3 is 1.59 bits per heavy atom. The van der Waals surface area contributed by atoms with Gasteiger partial charge in [-0.3, -0.25) is 0 Å². The van der Waals surface area contributed by atoms with Crippen LogP contribution in [0.1, 0.15) is 0 Å². The highest BCUT2D eigenvalue weighted by Gasteiger charge is 2.09. The summed E-state index contributed by atoms with van der Waals surface area (Å²) in [6, 6.07) is 29.6. The number of ether oxygens (including phenoxy) is 2. The van der Waals surface area contributed by atoms with E-state index in [4.69, 9.17) is 21.1 Å². The van der Waals surface area contributed by atoms with Crippen LogP contribution in [0.5, 0.6) is 23.0 Å². The molecule has 0 unspecified atom stereocenters. The molecule has 0 heterocycles. The molecule has 0 atom stereocenters. The Labute approximate surface area is 240 Å². The van der Waals surface area contributed by atoms with Crippen molar-refractivity contribution in [3.63, 3.8) is 0 Å². The highest BCUT2D eigenvalue weighted by Crippen LogP contribution is 2.35.